The molecule has 0 saturated carbocycles. The van der Waals surface area contributed by atoms with E-state index < -0.39 is 14.8 Å². The molecule has 0 spiro atoms. The summed E-state index contributed by atoms with van der Waals surface area (Å²) in [4.78, 5) is 10.0. The molecule has 0 radical (unpaired) electrons. The maximum Gasteiger partial charge on any atom is 0.269 e. The SMILES string of the molecule is O=[N+]([O-])c1ccc(CNC2C=CS(=O)(=O)C2)cc1. The van der Waals surface area contributed by atoms with Crippen LogP contribution < -0.4 is 5.32 Å². The van der Waals surface area contributed by atoms with Crippen LogP contribution in [-0.2, 0) is 16.4 Å². The first kappa shape index (κ1) is 12.7. The van der Waals surface area contributed by atoms with Gasteiger partial charge in [0.2, 0.25) is 0 Å². The highest BCUT2D eigenvalue weighted by Crippen LogP contribution is 2.13. The number of nitrogens with one attached hydrogen (secondary N) is 1. The minimum Gasteiger partial charge on any atom is -0.305 e. The molecule has 1 heterocycles. The molecular weight excluding hydrogens is 256 g/mol. The number of hydrogen-bond acceptors (Lipinski definition) is 5. The van der Waals surface area contributed by atoms with Crippen molar-refractivity contribution in [1.29, 1.82) is 0 Å². The van der Waals surface area contributed by atoms with E-state index >= 15 is 0 Å². The second-order valence-corrected chi connectivity index (χ2v) is 6.00. The Balaban J connectivity index is 1.91. The molecule has 7 heteroatoms. The lowest BCUT2D eigenvalue weighted by molar-refractivity contribution is -0.384. The van der Waals surface area contributed by atoms with Gasteiger partial charge in [-0.1, -0.05) is 18.2 Å². The Morgan fingerprint density at radius 1 is 1.33 bits per heavy atom. The summed E-state index contributed by atoms with van der Waals surface area (Å²) in [6.07, 6.45) is 1.61. The third-order valence-electron chi connectivity index (χ3n) is 2.65. The summed E-state index contributed by atoms with van der Waals surface area (Å²) in [7, 11) is -3.05. The average molecular weight is 268 g/mol. The topological polar surface area (TPSA) is 89.3 Å². The van der Waals surface area contributed by atoms with Gasteiger partial charge in [-0.3, -0.25) is 10.1 Å². The fourth-order valence-corrected chi connectivity index (χ4v) is 2.96. The third kappa shape index (κ3) is 3.14. The van der Waals surface area contributed by atoms with Crippen molar-refractivity contribution in [3.05, 3.63) is 51.4 Å². The molecule has 0 bridgehead atoms. The van der Waals surface area contributed by atoms with Gasteiger partial charge in [-0.05, 0) is 5.56 Å². The van der Waals surface area contributed by atoms with Crippen molar-refractivity contribution in [3.63, 3.8) is 0 Å². The highest BCUT2D eigenvalue weighted by atomic mass is 32.2. The van der Waals surface area contributed by atoms with Crippen molar-refractivity contribution in [2.45, 2.75) is 12.6 Å². The van der Waals surface area contributed by atoms with Gasteiger partial charge in [0.1, 0.15) is 0 Å². The fraction of sp³-hybridized carbons (Fsp3) is 0.273. The van der Waals surface area contributed by atoms with Gasteiger partial charge in [0.05, 0.1) is 10.7 Å². The highest BCUT2D eigenvalue weighted by molar-refractivity contribution is 7.94. The van der Waals surface area contributed by atoms with E-state index in [1.165, 1.54) is 17.5 Å². The molecule has 1 aromatic carbocycles. The zero-order valence-corrected chi connectivity index (χ0v) is 10.3. The van der Waals surface area contributed by atoms with Crippen molar-refractivity contribution >= 4 is 15.5 Å². The summed E-state index contributed by atoms with van der Waals surface area (Å²) in [5.41, 5.74) is 0.917. The summed E-state index contributed by atoms with van der Waals surface area (Å²) in [5.74, 6) is 0.0694. The first-order valence-electron chi connectivity index (χ1n) is 5.34. The van der Waals surface area contributed by atoms with E-state index in [1.54, 1.807) is 18.2 Å². The van der Waals surface area contributed by atoms with Crippen LogP contribution in [0.5, 0.6) is 0 Å². The van der Waals surface area contributed by atoms with Crippen LogP contribution in [0.3, 0.4) is 0 Å². The van der Waals surface area contributed by atoms with Crippen LogP contribution in [-0.4, -0.2) is 25.1 Å². The summed E-state index contributed by atoms with van der Waals surface area (Å²) in [6, 6.07) is 5.97. The molecule has 0 fully saturated rings. The molecular formula is C11H12N2O4S. The number of rotatable bonds is 4. The van der Waals surface area contributed by atoms with Crippen molar-refractivity contribution in [2.75, 3.05) is 5.75 Å². The van der Waals surface area contributed by atoms with E-state index in [-0.39, 0.29) is 17.5 Å². The van der Waals surface area contributed by atoms with Gasteiger partial charge in [0.25, 0.3) is 5.69 Å². The molecule has 6 nitrogen and oxygen atoms in total. The predicted octanol–water partition coefficient (Wildman–Crippen LogP) is 0.995. The number of hydrogen-bond donors (Lipinski definition) is 1. The van der Waals surface area contributed by atoms with Crippen LogP contribution in [0.15, 0.2) is 35.7 Å². The van der Waals surface area contributed by atoms with E-state index in [9.17, 15) is 18.5 Å². The van der Waals surface area contributed by atoms with Crippen LogP contribution in [0, 0.1) is 10.1 Å². The van der Waals surface area contributed by atoms with E-state index in [2.05, 4.69) is 5.32 Å². The highest BCUT2D eigenvalue weighted by Gasteiger charge is 2.20. The molecule has 2 rings (SSSR count). The zero-order valence-electron chi connectivity index (χ0n) is 9.44. The summed E-state index contributed by atoms with van der Waals surface area (Å²) in [6.45, 7) is 0.475. The summed E-state index contributed by atoms with van der Waals surface area (Å²) in [5, 5.41) is 14.7. The Kier molecular flexibility index (Phi) is 3.44. The molecule has 0 aromatic heterocycles. The smallest absolute Gasteiger partial charge is 0.269 e. The predicted molar refractivity (Wildman–Crippen MR) is 66.7 cm³/mol. The summed E-state index contributed by atoms with van der Waals surface area (Å²) >= 11 is 0. The second-order valence-electron chi connectivity index (χ2n) is 4.07. The number of sulfone groups is 1. The molecule has 96 valence electrons. The quantitative estimate of drug-likeness (QED) is 0.650. The maximum absolute atomic E-state index is 11.2. The Morgan fingerprint density at radius 2 is 2.00 bits per heavy atom. The number of nitrogens with zero attached hydrogens (tertiary/aromatic N) is 1. The lowest BCUT2D eigenvalue weighted by Gasteiger charge is -2.09. The van der Waals surface area contributed by atoms with E-state index in [1.807, 2.05) is 0 Å². The van der Waals surface area contributed by atoms with Crippen molar-refractivity contribution < 1.29 is 13.3 Å². The van der Waals surface area contributed by atoms with E-state index in [0.29, 0.717) is 6.54 Å². The number of nitro benzene ring substituents is 1. The Bertz CT molecular complexity index is 578. The van der Waals surface area contributed by atoms with Crippen molar-refractivity contribution in [1.82, 2.24) is 5.32 Å². The van der Waals surface area contributed by atoms with Gasteiger partial charge < -0.3 is 5.32 Å². The number of non-ortho nitro benzene ring substituents is 1. The standard InChI is InChI=1S/C11H12N2O4S/c14-13(15)11-3-1-9(2-4-11)7-12-10-5-6-18(16,17)8-10/h1-6,10,12H,7-8H2. The van der Waals surface area contributed by atoms with E-state index in [4.69, 9.17) is 0 Å². The normalized spacial score (nSPS) is 21.0. The van der Waals surface area contributed by atoms with Gasteiger partial charge in [0.15, 0.2) is 9.84 Å². The largest absolute Gasteiger partial charge is 0.305 e. The molecule has 0 saturated heterocycles. The van der Waals surface area contributed by atoms with Crippen LogP contribution in [0.4, 0.5) is 5.69 Å². The monoisotopic (exact) mass is 268 g/mol. The molecule has 0 amide bonds. The Hall–Kier alpha value is -1.73. The molecule has 1 aliphatic rings. The molecule has 1 atom stereocenters. The van der Waals surface area contributed by atoms with Crippen molar-refractivity contribution in [2.24, 2.45) is 0 Å². The van der Waals surface area contributed by atoms with Gasteiger partial charge >= 0.3 is 0 Å². The van der Waals surface area contributed by atoms with Crippen LogP contribution in [0.25, 0.3) is 0 Å². The molecule has 1 unspecified atom stereocenters. The van der Waals surface area contributed by atoms with Gasteiger partial charge in [-0.2, -0.15) is 0 Å². The number of benzene rings is 1. The number of nitro groups is 1. The van der Waals surface area contributed by atoms with Gasteiger partial charge in [-0.25, -0.2) is 8.42 Å². The molecule has 1 aromatic rings. The third-order valence-corrected chi connectivity index (χ3v) is 4.04. The zero-order chi connectivity index (χ0) is 13.2. The summed E-state index contributed by atoms with van der Waals surface area (Å²) < 4.78 is 22.3. The second kappa shape index (κ2) is 4.87. The maximum atomic E-state index is 11.2. The lowest BCUT2D eigenvalue weighted by atomic mass is 10.2. The Morgan fingerprint density at radius 3 is 2.50 bits per heavy atom. The average Bonchev–Trinajstić information content (AvgIpc) is 2.67. The minimum atomic E-state index is -3.05. The molecule has 18 heavy (non-hydrogen) atoms. The van der Waals surface area contributed by atoms with Crippen LogP contribution in [0.2, 0.25) is 0 Å². The molecule has 1 aliphatic heterocycles. The van der Waals surface area contributed by atoms with Crippen molar-refractivity contribution in [3.8, 4) is 0 Å². The first-order chi connectivity index (χ1) is 8.46. The Labute approximate surface area is 104 Å². The lowest BCUT2D eigenvalue weighted by Crippen LogP contribution is -2.29. The van der Waals surface area contributed by atoms with Crippen LogP contribution >= 0.6 is 0 Å². The fourth-order valence-electron chi connectivity index (χ4n) is 1.69. The van der Waals surface area contributed by atoms with Gasteiger partial charge in [0, 0.05) is 30.1 Å². The van der Waals surface area contributed by atoms with E-state index in [0.717, 1.165) is 5.56 Å². The van der Waals surface area contributed by atoms with Gasteiger partial charge in [-0.15, -0.1) is 0 Å². The first-order valence-corrected chi connectivity index (χ1v) is 7.05. The molecule has 1 N–H and O–H groups in total. The van der Waals surface area contributed by atoms with Crippen LogP contribution in [0.1, 0.15) is 5.56 Å². The molecule has 0 aliphatic carbocycles. The minimum absolute atomic E-state index is 0.0436.